The summed E-state index contributed by atoms with van der Waals surface area (Å²) < 4.78 is 79.6. The van der Waals surface area contributed by atoms with Gasteiger partial charge in [-0.1, -0.05) is 24.3 Å². The minimum atomic E-state index is -4.28. The highest BCUT2D eigenvalue weighted by atomic mass is 32.2. The second-order valence-electron chi connectivity index (χ2n) is 15.2. The second-order valence-corrected chi connectivity index (χ2v) is 17.1. The molecule has 1 atom stereocenters. The van der Waals surface area contributed by atoms with Gasteiger partial charge in [-0.3, -0.25) is 4.90 Å². The monoisotopic (exact) mass is 773 g/mol. The number of alkyl halides is 3. The van der Waals surface area contributed by atoms with Gasteiger partial charge in [-0.25, -0.2) is 18.4 Å². The molecule has 2 aromatic heterocycles. The minimum absolute atomic E-state index is 0.139. The lowest BCUT2D eigenvalue weighted by atomic mass is 9.72. The van der Waals surface area contributed by atoms with Gasteiger partial charge in [0.15, 0.2) is 5.94 Å². The number of aryl methyl sites for hydroxylation is 1. The number of methoxy groups -OCH3 is 1. The lowest BCUT2D eigenvalue weighted by molar-refractivity contribution is -0.127. The summed E-state index contributed by atoms with van der Waals surface area (Å²) in [7, 11) is -2.02. The molecule has 15 heteroatoms. The van der Waals surface area contributed by atoms with Gasteiger partial charge in [0.05, 0.1) is 31.7 Å². The Labute approximate surface area is 317 Å². The lowest BCUT2D eigenvalue weighted by Crippen LogP contribution is -2.60. The summed E-state index contributed by atoms with van der Waals surface area (Å²) in [6, 6.07) is 20.4. The normalized spacial score (nSPS) is 20.1. The second kappa shape index (κ2) is 14.4. The van der Waals surface area contributed by atoms with Crippen LogP contribution >= 0.6 is 0 Å². The minimum Gasteiger partial charge on any atom is -0.497 e. The van der Waals surface area contributed by atoms with E-state index in [1.165, 1.54) is 22.3 Å². The maximum Gasteiger partial charge on any atom is 0.393 e. The lowest BCUT2D eigenvalue weighted by Gasteiger charge is -2.54. The molecule has 1 unspecified atom stereocenters. The Morgan fingerprint density at radius 3 is 2.44 bits per heavy atom. The number of hydrogen-bond acceptors (Lipinski definition) is 9. The van der Waals surface area contributed by atoms with E-state index in [-0.39, 0.29) is 24.1 Å². The molecule has 0 aliphatic carbocycles. The predicted octanol–water partition coefficient (Wildman–Crippen LogP) is 6.17. The van der Waals surface area contributed by atoms with Crippen LogP contribution in [0.1, 0.15) is 40.8 Å². The van der Waals surface area contributed by atoms with Crippen molar-refractivity contribution in [1.29, 1.82) is 5.26 Å². The molecule has 3 fully saturated rings. The molecule has 1 spiro atoms. The first-order chi connectivity index (χ1) is 26.3. The third kappa shape index (κ3) is 7.60. The van der Waals surface area contributed by atoms with Gasteiger partial charge in [-0.15, -0.1) is 0 Å². The number of rotatable bonds is 9. The zero-order chi connectivity index (χ0) is 38.5. The van der Waals surface area contributed by atoms with Crippen LogP contribution in [0.4, 0.5) is 19.0 Å². The van der Waals surface area contributed by atoms with Crippen LogP contribution in [0.2, 0.25) is 0 Å². The Balaban J connectivity index is 0.910. The molecular formula is C40H42F3N7O4S. The Morgan fingerprint density at radius 1 is 0.982 bits per heavy atom. The molecule has 3 saturated heterocycles. The van der Waals surface area contributed by atoms with Gasteiger partial charge in [0.25, 0.3) is 0 Å². The largest absolute Gasteiger partial charge is 0.497 e. The van der Waals surface area contributed by atoms with Gasteiger partial charge in [-0.2, -0.15) is 22.7 Å². The third-order valence-electron chi connectivity index (χ3n) is 11.5. The van der Waals surface area contributed by atoms with Gasteiger partial charge in [0, 0.05) is 54.4 Å². The van der Waals surface area contributed by atoms with Crippen LogP contribution in [-0.4, -0.2) is 90.2 Å². The van der Waals surface area contributed by atoms with E-state index in [4.69, 9.17) is 9.47 Å². The molecule has 5 aromatic rings. The zero-order valence-corrected chi connectivity index (χ0v) is 31.5. The van der Waals surface area contributed by atoms with E-state index in [9.17, 15) is 26.9 Å². The molecule has 3 aromatic carbocycles. The van der Waals surface area contributed by atoms with Crippen molar-refractivity contribution < 1.29 is 31.1 Å². The van der Waals surface area contributed by atoms with Crippen LogP contribution in [0.25, 0.3) is 21.8 Å². The smallest absolute Gasteiger partial charge is 0.393 e. The van der Waals surface area contributed by atoms with Gasteiger partial charge in [-0.05, 0) is 91.5 Å². The first-order valence-electron chi connectivity index (χ1n) is 18.3. The summed E-state index contributed by atoms with van der Waals surface area (Å²) in [5.41, 5.74) is 5.53. The number of ether oxygens (including phenoxy) is 2. The third-order valence-corrected chi connectivity index (χ3v) is 13.0. The van der Waals surface area contributed by atoms with E-state index in [2.05, 4.69) is 44.9 Å². The molecule has 288 valence electrons. The van der Waals surface area contributed by atoms with Crippen molar-refractivity contribution in [2.24, 2.45) is 5.41 Å². The fourth-order valence-corrected chi connectivity index (χ4v) is 9.64. The molecule has 3 aliphatic heterocycles. The van der Waals surface area contributed by atoms with Gasteiger partial charge in [0.2, 0.25) is 10.0 Å². The topological polar surface area (TPSA) is 117 Å². The number of nitrogens with zero attached hydrogens (tertiary/aromatic N) is 7. The maximum atomic E-state index is 13.1. The van der Waals surface area contributed by atoms with E-state index in [0.29, 0.717) is 34.7 Å². The number of hydrogen-bond donors (Lipinski definition) is 0. The Morgan fingerprint density at radius 2 is 1.73 bits per heavy atom. The molecule has 0 bridgehead atoms. The average Bonchev–Trinajstić information content (AvgIpc) is 3.51. The van der Waals surface area contributed by atoms with Gasteiger partial charge >= 0.3 is 6.18 Å². The highest BCUT2D eigenvalue weighted by Gasteiger charge is 2.46. The molecule has 0 saturated carbocycles. The Hall–Kier alpha value is -4.75. The van der Waals surface area contributed by atoms with E-state index < -0.39 is 34.7 Å². The number of benzene rings is 3. The van der Waals surface area contributed by atoms with Crippen LogP contribution in [0.15, 0.2) is 67.0 Å². The van der Waals surface area contributed by atoms with E-state index >= 15 is 0 Å². The van der Waals surface area contributed by atoms with Crippen LogP contribution in [-0.2, 0) is 40.8 Å². The molecule has 5 heterocycles. The summed E-state index contributed by atoms with van der Waals surface area (Å²) >= 11 is 0. The Bertz CT molecular complexity index is 2380. The number of sulfonamides is 1. The standard InChI is InChI=1S/C40H42F3N7O4S/c1-27-30(20-47-13-11-39(12-14-47)23-48(24-39)38-35-15-29(17-40(41,42)43)5-9-36(35)45-25-46-38)6-10-37-34(27)16-31(18-44)50(37)22-33-21-49(55(51,52)26-54-33)19-28-3-7-32(53-2)8-4-28/h3-10,15-16,25,33H,11-14,17,19-24,26H2,1-2H3. The average molecular weight is 774 g/mol. The summed E-state index contributed by atoms with van der Waals surface area (Å²) in [6.45, 7) is 7.05. The van der Waals surface area contributed by atoms with Gasteiger partial charge in [0.1, 0.15) is 29.7 Å². The van der Waals surface area contributed by atoms with E-state index in [1.54, 1.807) is 31.4 Å². The molecule has 55 heavy (non-hydrogen) atoms. The molecule has 11 nitrogen and oxygen atoms in total. The number of aromatic nitrogens is 3. The Kier molecular flexibility index (Phi) is 9.73. The van der Waals surface area contributed by atoms with Crippen molar-refractivity contribution in [2.75, 3.05) is 50.7 Å². The van der Waals surface area contributed by atoms with Crippen molar-refractivity contribution in [3.63, 3.8) is 0 Å². The zero-order valence-electron chi connectivity index (χ0n) is 30.7. The molecule has 8 rings (SSSR count). The number of fused-ring (bicyclic) bond motifs is 2. The van der Waals surface area contributed by atoms with E-state index in [1.807, 2.05) is 22.8 Å². The summed E-state index contributed by atoms with van der Waals surface area (Å²) in [6.07, 6.45) is -2.20. The molecule has 0 radical (unpaired) electrons. The van der Waals surface area contributed by atoms with Crippen LogP contribution in [0.3, 0.4) is 0 Å². The number of likely N-dealkylation sites (tertiary alicyclic amines) is 1. The molecular weight excluding hydrogens is 732 g/mol. The number of halogens is 3. The SMILES string of the molecule is COc1ccc(CN2CC(Cn3c(C#N)cc4c(C)c(CN5CCC6(CC5)CN(c5ncnc7ccc(CC(F)(F)F)cc57)C6)ccc43)OCS2(=O)=O)cc1. The van der Waals surface area contributed by atoms with Crippen LogP contribution < -0.4 is 9.64 Å². The van der Waals surface area contributed by atoms with Crippen molar-refractivity contribution in [2.45, 2.75) is 58.1 Å². The quantitative estimate of drug-likeness (QED) is 0.174. The predicted molar refractivity (Wildman–Crippen MR) is 202 cm³/mol. The first kappa shape index (κ1) is 37.2. The van der Waals surface area contributed by atoms with Gasteiger partial charge < -0.3 is 18.9 Å². The van der Waals surface area contributed by atoms with Crippen molar-refractivity contribution in [1.82, 2.24) is 23.7 Å². The number of anilines is 1. The highest BCUT2D eigenvalue weighted by molar-refractivity contribution is 7.88. The molecule has 0 amide bonds. The van der Waals surface area contributed by atoms with Crippen molar-refractivity contribution in [3.05, 3.63) is 94.9 Å². The summed E-state index contributed by atoms with van der Waals surface area (Å²) in [5, 5.41) is 11.8. The number of nitriles is 1. The summed E-state index contributed by atoms with van der Waals surface area (Å²) in [4.78, 5) is 13.4. The van der Waals surface area contributed by atoms with E-state index in [0.717, 1.165) is 67.6 Å². The first-order valence-corrected chi connectivity index (χ1v) is 19.9. The fraction of sp³-hybridized carbons (Fsp3) is 0.425. The molecule has 0 N–H and O–H groups in total. The summed E-state index contributed by atoms with van der Waals surface area (Å²) in [5.74, 6) is 0.972. The van der Waals surface area contributed by atoms with Crippen LogP contribution in [0.5, 0.6) is 5.75 Å². The number of piperidine rings is 1. The molecule has 3 aliphatic rings. The highest BCUT2D eigenvalue weighted by Crippen LogP contribution is 2.44. The fourth-order valence-electron chi connectivity index (χ4n) is 8.38. The van der Waals surface area contributed by atoms with Crippen molar-refractivity contribution >= 4 is 37.6 Å². The maximum absolute atomic E-state index is 13.1. The van der Waals surface area contributed by atoms with Crippen molar-refractivity contribution in [3.8, 4) is 11.8 Å². The van der Waals surface area contributed by atoms with Crippen LogP contribution in [0, 0.1) is 23.7 Å².